The molecular weight excluding hydrogens is 363 g/mol. The van der Waals surface area contributed by atoms with Crippen molar-refractivity contribution in [3.63, 3.8) is 0 Å². The zero-order valence-electron chi connectivity index (χ0n) is 15.7. The molecule has 150 valence electrons. The predicted molar refractivity (Wildman–Crippen MR) is 105 cm³/mol. The van der Waals surface area contributed by atoms with E-state index in [4.69, 9.17) is 9.76 Å². The van der Waals surface area contributed by atoms with Crippen molar-refractivity contribution in [2.45, 2.75) is 12.4 Å². The number of β-amino-alcohol motifs (C(OH)–C–C–N with tert-alkyl or cyclic N) is 1. The van der Waals surface area contributed by atoms with Gasteiger partial charge in [0.1, 0.15) is 5.75 Å². The number of nitroso groups, excluding NO2 is 1. The highest BCUT2D eigenvalue weighted by Gasteiger charge is 2.39. The zero-order valence-corrected chi connectivity index (χ0v) is 15.7. The van der Waals surface area contributed by atoms with Gasteiger partial charge in [0.15, 0.2) is 0 Å². The van der Waals surface area contributed by atoms with Gasteiger partial charge < -0.3 is 20.2 Å². The summed E-state index contributed by atoms with van der Waals surface area (Å²) < 4.78 is 5.61. The Kier molecular flexibility index (Phi) is 6.66. The van der Waals surface area contributed by atoms with Crippen molar-refractivity contribution >= 4 is 13.0 Å². The first-order valence-corrected chi connectivity index (χ1v) is 9.36. The van der Waals surface area contributed by atoms with E-state index in [9.17, 15) is 14.8 Å². The number of hydrogen-bond donors (Lipinski definition) is 3. The number of nitrogens with zero attached hydrogens (tertiary/aromatic N) is 3. The Morgan fingerprint density at radius 3 is 2.68 bits per heavy atom. The summed E-state index contributed by atoms with van der Waals surface area (Å²) in [5.41, 5.74) is 1.52. The molecule has 1 fully saturated rings. The van der Waals surface area contributed by atoms with Crippen LogP contribution in [0.25, 0.3) is 0 Å². The Morgan fingerprint density at radius 1 is 1.32 bits per heavy atom. The van der Waals surface area contributed by atoms with E-state index in [1.54, 1.807) is 12.1 Å². The number of aromatic carboxylic acids is 1. The highest BCUT2D eigenvalue weighted by molar-refractivity contribution is 6.53. The Bertz CT molecular complexity index is 739. The summed E-state index contributed by atoms with van der Waals surface area (Å²) >= 11 is 0. The number of nitrogens with one attached hydrogen (secondary N) is 1. The number of carbonyl (C=O) groups is 1. The van der Waals surface area contributed by atoms with Gasteiger partial charge in [-0.2, -0.15) is 4.91 Å². The van der Waals surface area contributed by atoms with Crippen molar-refractivity contribution in [2.75, 3.05) is 45.9 Å². The molecule has 3 rings (SSSR count). The number of carboxylic acids is 1. The molecule has 2 aliphatic heterocycles. The fraction of sp³-hybridized carbons (Fsp3) is 0.500. The largest absolute Gasteiger partial charge is 0.570 e. The summed E-state index contributed by atoms with van der Waals surface area (Å²) in [6, 6.07) is 4.91. The van der Waals surface area contributed by atoms with Crippen molar-refractivity contribution in [3.8, 4) is 5.75 Å². The summed E-state index contributed by atoms with van der Waals surface area (Å²) in [6.07, 6.45) is 0.427. The van der Waals surface area contributed by atoms with E-state index < -0.39 is 19.0 Å². The van der Waals surface area contributed by atoms with Gasteiger partial charge in [-0.3, -0.25) is 9.80 Å². The van der Waals surface area contributed by atoms with Crippen molar-refractivity contribution in [3.05, 3.63) is 46.5 Å². The quantitative estimate of drug-likeness (QED) is 0.427. The SMILES string of the molecule is C=C(CN1CCN(CCO)CC1)NC1Cc2cccc(C(=O)O)c2OB1N=O. The molecule has 0 amide bonds. The van der Waals surface area contributed by atoms with Crippen LogP contribution in [-0.2, 0) is 6.42 Å². The first kappa shape index (κ1) is 20.3. The van der Waals surface area contributed by atoms with Gasteiger partial charge in [-0.25, -0.2) is 4.79 Å². The van der Waals surface area contributed by atoms with Crippen LogP contribution in [0, 0.1) is 4.91 Å². The third-order valence-electron chi connectivity index (χ3n) is 5.14. The van der Waals surface area contributed by atoms with Crippen LogP contribution in [-0.4, -0.2) is 84.8 Å². The normalized spacial score (nSPS) is 20.2. The summed E-state index contributed by atoms with van der Waals surface area (Å²) in [7, 11) is -1.02. The second kappa shape index (κ2) is 9.18. The number of carboxylic acid groups (broad SMARTS) is 1. The van der Waals surface area contributed by atoms with Gasteiger partial charge in [-0.1, -0.05) is 23.8 Å². The molecule has 1 atom stereocenters. The van der Waals surface area contributed by atoms with E-state index in [0.29, 0.717) is 19.5 Å². The number of aliphatic hydroxyl groups is 1. The van der Waals surface area contributed by atoms with Gasteiger partial charge in [0.05, 0.1) is 18.1 Å². The fourth-order valence-corrected chi connectivity index (χ4v) is 3.70. The summed E-state index contributed by atoms with van der Waals surface area (Å²) in [6.45, 7) is 9.10. The molecule has 0 aromatic heterocycles. The monoisotopic (exact) mass is 388 g/mol. The molecule has 1 unspecified atom stereocenters. The first-order chi connectivity index (χ1) is 13.5. The molecule has 1 saturated heterocycles. The van der Waals surface area contributed by atoms with Crippen molar-refractivity contribution in [2.24, 2.45) is 5.09 Å². The molecule has 0 radical (unpaired) electrons. The van der Waals surface area contributed by atoms with Crippen LogP contribution in [0.5, 0.6) is 5.75 Å². The molecule has 0 spiro atoms. The van der Waals surface area contributed by atoms with Gasteiger partial charge in [-0.15, -0.1) is 0 Å². The van der Waals surface area contributed by atoms with Gasteiger partial charge >= 0.3 is 13.0 Å². The molecule has 0 bridgehead atoms. The van der Waals surface area contributed by atoms with Crippen LogP contribution in [0.3, 0.4) is 0 Å². The Hall–Kier alpha value is -2.43. The molecule has 2 aliphatic rings. The molecule has 1 aromatic carbocycles. The average molecular weight is 388 g/mol. The number of fused-ring (bicyclic) bond motifs is 1. The van der Waals surface area contributed by atoms with Crippen molar-refractivity contribution in [1.29, 1.82) is 0 Å². The summed E-state index contributed by atoms with van der Waals surface area (Å²) in [5.74, 6) is -1.29. The number of aliphatic hydroxyl groups excluding tert-OH is 1. The zero-order chi connectivity index (χ0) is 20.1. The summed E-state index contributed by atoms with van der Waals surface area (Å²) in [4.78, 5) is 27.1. The average Bonchev–Trinajstić information content (AvgIpc) is 2.68. The van der Waals surface area contributed by atoms with Crippen LogP contribution in [0.15, 0.2) is 35.6 Å². The summed E-state index contributed by atoms with van der Waals surface area (Å²) in [5, 5.41) is 24.6. The number of benzene rings is 1. The predicted octanol–water partition coefficient (Wildman–Crippen LogP) is 0.195. The lowest BCUT2D eigenvalue weighted by atomic mass is 9.68. The minimum atomic E-state index is -1.10. The molecule has 0 aliphatic carbocycles. The Labute approximate surface area is 164 Å². The fourth-order valence-electron chi connectivity index (χ4n) is 3.70. The molecule has 9 nitrogen and oxygen atoms in total. The van der Waals surface area contributed by atoms with Crippen LogP contribution < -0.4 is 9.97 Å². The molecule has 10 heteroatoms. The molecule has 1 aromatic rings. The smallest absolute Gasteiger partial charge is 0.536 e. The second-order valence-electron chi connectivity index (χ2n) is 7.11. The van der Waals surface area contributed by atoms with E-state index >= 15 is 0 Å². The number of hydrogen-bond acceptors (Lipinski definition) is 8. The minimum absolute atomic E-state index is 0.0316. The standard InChI is InChI=1S/C18H25BN4O5/c1-13(12-23-7-5-22(6-8-23)9-10-24)20-16-11-14-3-2-4-15(18(25)26)17(14)28-19(16)21-27/h2-4,16,20,24H,1,5-12H2,(H,25,26). The van der Waals surface area contributed by atoms with Crippen LogP contribution in [0.4, 0.5) is 0 Å². The molecular formula is C18H25BN4O5. The lowest BCUT2D eigenvalue weighted by Gasteiger charge is -2.35. The van der Waals surface area contributed by atoms with E-state index in [1.165, 1.54) is 6.07 Å². The topological polar surface area (TPSA) is 115 Å². The van der Waals surface area contributed by atoms with E-state index in [0.717, 1.165) is 37.4 Å². The van der Waals surface area contributed by atoms with Crippen molar-refractivity contribution in [1.82, 2.24) is 15.1 Å². The lowest BCUT2D eigenvalue weighted by molar-refractivity contribution is 0.0694. The van der Waals surface area contributed by atoms with Crippen LogP contribution in [0.2, 0.25) is 0 Å². The maximum atomic E-state index is 11.4. The van der Waals surface area contributed by atoms with E-state index in [1.807, 2.05) is 0 Å². The van der Waals surface area contributed by atoms with Gasteiger partial charge in [0.25, 0.3) is 0 Å². The number of piperazine rings is 1. The number of para-hydroxylation sites is 1. The van der Waals surface area contributed by atoms with E-state index in [2.05, 4.69) is 26.8 Å². The highest BCUT2D eigenvalue weighted by Crippen LogP contribution is 2.31. The van der Waals surface area contributed by atoms with Crippen LogP contribution in [0.1, 0.15) is 15.9 Å². The van der Waals surface area contributed by atoms with Gasteiger partial charge in [-0.05, 0) is 18.1 Å². The lowest BCUT2D eigenvalue weighted by Crippen LogP contribution is -2.52. The molecule has 2 heterocycles. The van der Waals surface area contributed by atoms with Gasteiger partial charge in [0.2, 0.25) is 0 Å². The third kappa shape index (κ3) is 4.70. The highest BCUT2D eigenvalue weighted by atomic mass is 16.5. The van der Waals surface area contributed by atoms with Crippen molar-refractivity contribution < 1.29 is 19.7 Å². The van der Waals surface area contributed by atoms with Crippen LogP contribution >= 0.6 is 0 Å². The second-order valence-corrected chi connectivity index (χ2v) is 7.11. The maximum Gasteiger partial charge on any atom is 0.570 e. The Balaban J connectivity index is 1.59. The number of rotatable bonds is 8. The molecule has 28 heavy (non-hydrogen) atoms. The maximum absolute atomic E-state index is 11.4. The molecule has 0 saturated carbocycles. The minimum Gasteiger partial charge on any atom is -0.536 e. The third-order valence-corrected chi connectivity index (χ3v) is 5.14. The van der Waals surface area contributed by atoms with Gasteiger partial charge in [0, 0.05) is 45.0 Å². The molecule has 3 N–H and O–H groups in total. The Morgan fingerprint density at radius 2 is 2.04 bits per heavy atom. The van der Waals surface area contributed by atoms with E-state index in [-0.39, 0.29) is 17.9 Å². The first-order valence-electron chi connectivity index (χ1n) is 9.36.